The Morgan fingerprint density at radius 2 is 2.09 bits per heavy atom. The molecule has 0 aliphatic heterocycles. The number of H-pyrrole nitrogens is 1. The maximum absolute atomic E-state index is 13.1. The molecule has 0 saturated heterocycles. The van der Waals surface area contributed by atoms with Crippen LogP contribution in [0.25, 0.3) is 28.0 Å². The number of aromatic hydroxyl groups is 1. The number of aromatic nitrogens is 6. The van der Waals surface area contributed by atoms with E-state index < -0.39 is 5.91 Å². The highest BCUT2D eigenvalue weighted by atomic mass is 16.6. The van der Waals surface area contributed by atoms with Crippen LogP contribution in [0, 0.1) is 0 Å². The lowest BCUT2D eigenvalue weighted by Crippen LogP contribution is -2.05. The number of amides is 1. The van der Waals surface area contributed by atoms with Crippen LogP contribution >= 0.6 is 0 Å². The molecule has 5 rings (SSSR count). The fraction of sp³-hybridized carbons (Fsp3) is 0.0952. The van der Waals surface area contributed by atoms with Crippen LogP contribution in [0.15, 0.2) is 63.4 Å². The average Bonchev–Trinajstić information content (AvgIpc) is 3.54. The van der Waals surface area contributed by atoms with Crippen molar-refractivity contribution in [2.75, 3.05) is 12.3 Å². The first kappa shape index (κ1) is 20.8. The van der Waals surface area contributed by atoms with Gasteiger partial charge in [-0.25, -0.2) is 4.63 Å². The molecule has 0 saturated carbocycles. The molecule has 3 aromatic heterocycles. The first-order valence-electron chi connectivity index (χ1n) is 10.1. The molecule has 0 atom stereocenters. The van der Waals surface area contributed by atoms with E-state index >= 15 is 0 Å². The molecule has 0 fully saturated rings. The molecule has 0 unspecified atom stereocenters. The number of anilines is 1. The van der Waals surface area contributed by atoms with Crippen molar-refractivity contribution in [3.05, 3.63) is 54.2 Å². The highest BCUT2D eigenvalue weighted by molar-refractivity contribution is 5.99. The van der Waals surface area contributed by atoms with Gasteiger partial charge < -0.3 is 20.6 Å². The van der Waals surface area contributed by atoms with Gasteiger partial charge in [-0.2, -0.15) is 4.68 Å². The number of ether oxygens (including phenoxy) is 1. The number of nitrogens with zero attached hydrogens (tertiary/aromatic N) is 7. The molecule has 0 aliphatic rings. The molecule has 3 heterocycles. The van der Waals surface area contributed by atoms with Crippen LogP contribution in [-0.4, -0.2) is 47.9 Å². The number of aromatic amines is 1. The van der Waals surface area contributed by atoms with Gasteiger partial charge in [0.2, 0.25) is 17.5 Å². The van der Waals surface area contributed by atoms with E-state index in [1.165, 1.54) is 4.68 Å². The van der Waals surface area contributed by atoms with Crippen molar-refractivity contribution < 1.29 is 19.3 Å². The van der Waals surface area contributed by atoms with Gasteiger partial charge in [0.25, 0.3) is 0 Å². The van der Waals surface area contributed by atoms with Crippen molar-refractivity contribution in [1.82, 2.24) is 30.3 Å². The van der Waals surface area contributed by atoms with Gasteiger partial charge in [-0.3, -0.25) is 4.79 Å². The number of azo groups is 1. The molecule has 34 heavy (non-hydrogen) atoms. The molecule has 0 aliphatic carbocycles. The quantitative estimate of drug-likeness (QED) is 0.320. The lowest BCUT2D eigenvalue weighted by molar-refractivity contribution is 0.0991. The second-order valence-corrected chi connectivity index (χ2v) is 7.01. The van der Waals surface area contributed by atoms with E-state index in [1.807, 2.05) is 6.92 Å². The molecule has 1 amide bonds. The molecule has 0 spiro atoms. The summed E-state index contributed by atoms with van der Waals surface area (Å²) >= 11 is 0. The largest absolute Gasteiger partial charge is 0.494 e. The molecule has 5 aromatic rings. The van der Waals surface area contributed by atoms with Crippen LogP contribution in [0.5, 0.6) is 11.6 Å². The molecular formula is C21H17N9O4. The minimum absolute atomic E-state index is 0.0450. The normalized spacial score (nSPS) is 11.4. The SMILES string of the molecule is CCOc1cccc(-c2c(C(=O)N=Nc3c(O)[nH]c4ccccc34)nnn2-c2nonc2N)c1. The van der Waals surface area contributed by atoms with Crippen molar-refractivity contribution in [3.63, 3.8) is 0 Å². The number of fused-ring (bicyclic) bond motifs is 1. The van der Waals surface area contributed by atoms with Crippen LogP contribution in [-0.2, 0) is 0 Å². The Morgan fingerprint density at radius 1 is 1.24 bits per heavy atom. The molecule has 0 radical (unpaired) electrons. The highest BCUT2D eigenvalue weighted by Gasteiger charge is 2.26. The molecule has 2 aromatic carbocycles. The van der Waals surface area contributed by atoms with Crippen LogP contribution in [0.3, 0.4) is 0 Å². The Bertz CT molecular complexity index is 1530. The Hall–Kier alpha value is -5.07. The van der Waals surface area contributed by atoms with Gasteiger partial charge in [0.05, 0.1) is 12.1 Å². The Labute approximate surface area is 190 Å². The van der Waals surface area contributed by atoms with E-state index in [0.29, 0.717) is 28.8 Å². The summed E-state index contributed by atoms with van der Waals surface area (Å²) in [5.74, 6) is -0.441. The fourth-order valence-electron chi connectivity index (χ4n) is 3.43. The van der Waals surface area contributed by atoms with Crippen LogP contribution < -0.4 is 10.5 Å². The number of benzene rings is 2. The van der Waals surface area contributed by atoms with Gasteiger partial charge in [0.15, 0.2) is 11.4 Å². The third-order valence-corrected chi connectivity index (χ3v) is 4.89. The second kappa shape index (κ2) is 8.46. The predicted molar refractivity (Wildman–Crippen MR) is 119 cm³/mol. The zero-order valence-corrected chi connectivity index (χ0v) is 17.7. The number of carbonyl (C=O) groups is 1. The van der Waals surface area contributed by atoms with Gasteiger partial charge in [-0.05, 0) is 35.4 Å². The Morgan fingerprint density at radius 3 is 2.88 bits per heavy atom. The minimum atomic E-state index is -0.803. The van der Waals surface area contributed by atoms with E-state index in [4.69, 9.17) is 10.5 Å². The van der Waals surface area contributed by atoms with Gasteiger partial charge in [-0.1, -0.05) is 35.5 Å². The zero-order valence-electron chi connectivity index (χ0n) is 17.7. The molecule has 4 N–H and O–H groups in total. The first-order chi connectivity index (χ1) is 16.6. The fourth-order valence-corrected chi connectivity index (χ4v) is 3.43. The summed E-state index contributed by atoms with van der Waals surface area (Å²) in [7, 11) is 0. The van der Waals surface area contributed by atoms with Gasteiger partial charge in [0.1, 0.15) is 11.4 Å². The second-order valence-electron chi connectivity index (χ2n) is 7.01. The van der Waals surface area contributed by atoms with Gasteiger partial charge >= 0.3 is 5.91 Å². The summed E-state index contributed by atoms with van der Waals surface area (Å²) in [6, 6.07) is 14.1. The molecule has 13 nitrogen and oxygen atoms in total. The average molecular weight is 459 g/mol. The summed E-state index contributed by atoms with van der Waals surface area (Å²) in [6.45, 7) is 2.31. The standard InChI is InChI=1S/C21H17N9O4/c1-2-33-12-7-5-6-11(10-12)17-16(25-29-30(17)19-18(22)27-34-28-19)21(32)26-24-15-13-8-3-4-9-14(13)23-20(15)31/h3-10,23,31H,2H2,1H3,(H2,22,27). The lowest BCUT2D eigenvalue weighted by Gasteiger charge is -2.07. The summed E-state index contributed by atoms with van der Waals surface area (Å²) < 4.78 is 11.5. The van der Waals surface area contributed by atoms with Crippen LogP contribution in [0.4, 0.5) is 11.5 Å². The smallest absolute Gasteiger partial charge is 0.318 e. The molecule has 170 valence electrons. The Kier molecular flexibility index (Phi) is 5.18. The number of hydrogen-bond donors (Lipinski definition) is 3. The van der Waals surface area contributed by atoms with E-state index in [-0.39, 0.29) is 34.6 Å². The third kappa shape index (κ3) is 3.60. The number of nitrogens with two attached hydrogens (primary N) is 1. The van der Waals surface area contributed by atoms with Crippen molar-refractivity contribution >= 4 is 28.3 Å². The van der Waals surface area contributed by atoms with Crippen molar-refractivity contribution in [1.29, 1.82) is 0 Å². The number of nitrogens with one attached hydrogen (secondary N) is 1. The minimum Gasteiger partial charge on any atom is -0.494 e. The van der Waals surface area contributed by atoms with E-state index in [1.54, 1.807) is 48.5 Å². The third-order valence-electron chi connectivity index (χ3n) is 4.89. The van der Waals surface area contributed by atoms with E-state index in [0.717, 1.165) is 0 Å². The van der Waals surface area contributed by atoms with E-state index in [2.05, 4.69) is 40.5 Å². The summed E-state index contributed by atoms with van der Waals surface area (Å²) in [5, 5.41) is 33.8. The van der Waals surface area contributed by atoms with Crippen LogP contribution in [0.1, 0.15) is 17.4 Å². The number of hydrogen-bond acceptors (Lipinski definition) is 10. The topological polar surface area (TPSA) is 183 Å². The maximum atomic E-state index is 13.1. The lowest BCUT2D eigenvalue weighted by atomic mass is 10.1. The van der Waals surface area contributed by atoms with Gasteiger partial charge in [-0.15, -0.1) is 15.3 Å². The highest BCUT2D eigenvalue weighted by Crippen LogP contribution is 2.35. The maximum Gasteiger partial charge on any atom is 0.318 e. The van der Waals surface area contributed by atoms with Gasteiger partial charge in [0, 0.05) is 10.9 Å². The Balaban J connectivity index is 1.60. The molecular weight excluding hydrogens is 442 g/mol. The van der Waals surface area contributed by atoms with Crippen molar-refractivity contribution in [2.45, 2.75) is 6.92 Å². The summed E-state index contributed by atoms with van der Waals surface area (Å²) in [4.78, 5) is 15.8. The molecule has 13 heteroatoms. The summed E-state index contributed by atoms with van der Waals surface area (Å²) in [6.07, 6.45) is 0. The zero-order chi connectivity index (χ0) is 23.7. The molecule has 0 bridgehead atoms. The van der Waals surface area contributed by atoms with Crippen molar-refractivity contribution in [2.24, 2.45) is 10.2 Å². The first-order valence-corrected chi connectivity index (χ1v) is 10.1. The summed E-state index contributed by atoms with van der Waals surface area (Å²) in [5.41, 5.74) is 7.25. The van der Waals surface area contributed by atoms with Crippen LogP contribution in [0.2, 0.25) is 0 Å². The van der Waals surface area contributed by atoms with Crippen molar-refractivity contribution in [3.8, 4) is 28.7 Å². The van der Waals surface area contributed by atoms with E-state index in [9.17, 15) is 9.90 Å². The number of carbonyl (C=O) groups excluding carboxylic acids is 1. The number of nitrogen functional groups attached to an aromatic ring is 1. The number of para-hydroxylation sites is 1. The predicted octanol–water partition coefficient (Wildman–Crippen LogP) is 3.41. The monoisotopic (exact) mass is 459 g/mol. The number of rotatable bonds is 6.